The third kappa shape index (κ3) is 11.8. The molecule has 0 unspecified atom stereocenters. The summed E-state index contributed by atoms with van der Waals surface area (Å²) in [5.41, 5.74) is 24.0. The third-order valence-corrected chi connectivity index (χ3v) is 16.8. The van der Waals surface area contributed by atoms with Crippen LogP contribution in [0.5, 0.6) is 11.5 Å². The van der Waals surface area contributed by atoms with Gasteiger partial charge in [-0.3, -0.25) is 9.13 Å². The van der Waals surface area contributed by atoms with E-state index in [9.17, 15) is 0 Å². The molecule has 0 saturated heterocycles. The number of hydrogen-bond acceptors (Lipinski definition) is 3. The summed E-state index contributed by atoms with van der Waals surface area (Å²) in [5.74, 6) is 4.13. The summed E-state index contributed by atoms with van der Waals surface area (Å²) < 4.78 is 11.8. The number of ether oxygens (including phenoxy) is 1. The SMILES string of the molecule is CC(C)c1cc(-c2cc(C(C)(C)C)cc(C(C)(C)C)c2)cc(C(C)C)c1-n1c(-c2cccc(Oc3cccc(-c4nc5ccccc5n4-c4c(C(C)C)cc(-c5cc(C(C)(C)C)cc(C(C)(C)C)c5)cc4C(C)C)c3)c2)nc2ccccc21. The van der Waals surface area contributed by atoms with Gasteiger partial charge in [0.1, 0.15) is 23.1 Å². The molecule has 2 heterocycles. The smallest absolute Gasteiger partial charge is 0.145 e. The fourth-order valence-corrected chi connectivity index (χ4v) is 11.7. The number of para-hydroxylation sites is 4. The van der Waals surface area contributed by atoms with Crippen molar-refractivity contribution in [1.29, 1.82) is 0 Å². The van der Waals surface area contributed by atoms with Gasteiger partial charge in [0, 0.05) is 11.1 Å². The van der Waals surface area contributed by atoms with Crippen molar-refractivity contribution in [1.82, 2.24) is 19.1 Å². The minimum absolute atomic E-state index is 0.00315. The lowest BCUT2D eigenvalue weighted by Gasteiger charge is -2.28. The zero-order valence-corrected chi connectivity index (χ0v) is 53.5. The molecule has 5 heteroatoms. The number of imidazole rings is 2. The summed E-state index contributed by atoms with van der Waals surface area (Å²) in [6.45, 7) is 46.5. The van der Waals surface area contributed by atoms with Gasteiger partial charge in [-0.25, -0.2) is 9.97 Å². The van der Waals surface area contributed by atoms with Crippen molar-refractivity contribution in [3.8, 4) is 67.9 Å². The van der Waals surface area contributed by atoms with Crippen LogP contribution in [0.15, 0.2) is 158 Å². The molecular formula is C78H90N4O. The van der Waals surface area contributed by atoms with E-state index in [0.29, 0.717) is 0 Å². The van der Waals surface area contributed by atoms with E-state index in [0.717, 1.165) is 56.3 Å². The zero-order valence-electron chi connectivity index (χ0n) is 53.5. The summed E-state index contributed by atoms with van der Waals surface area (Å²) in [6, 6.07) is 58.4. The van der Waals surface area contributed by atoms with Crippen LogP contribution >= 0.6 is 0 Å². The minimum atomic E-state index is 0.00315. The van der Waals surface area contributed by atoms with Gasteiger partial charge in [0.25, 0.3) is 0 Å². The quantitative estimate of drug-likeness (QED) is 0.122. The third-order valence-electron chi connectivity index (χ3n) is 16.8. The van der Waals surface area contributed by atoms with Crippen molar-refractivity contribution in [2.75, 3.05) is 0 Å². The normalized spacial score (nSPS) is 12.8. The first kappa shape index (κ1) is 58.7. The first-order chi connectivity index (χ1) is 39.0. The second kappa shape index (κ2) is 21.9. The van der Waals surface area contributed by atoms with Crippen LogP contribution in [0.3, 0.4) is 0 Å². The molecular weight excluding hydrogens is 1010 g/mol. The molecule has 0 fully saturated rings. The van der Waals surface area contributed by atoms with Crippen molar-refractivity contribution in [2.45, 2.75) is 184 Å². The monoisotopic (exact) mass is 1100 g/mol. The molecule has 0 aliphatic carbocycles. The zero-order chi connectivity index (χ0) is 59.8. The maximum absolute atomic E-state index is 6.98. The van der Waals surface area contributed by atoms with E-state index >= 15 is 0 Å². The highest BCUT2D eigenvalue weighted by atomic mass is 16.5. The van der Waals surface area contributed by atoms with Crippen LogP contribution in [0.2, 0.25) is 0 Å². The largest absolute Gasteiger partial charge is 0.457 e. The molecule has 0 N–H and O–H groups in total. The molecule has 83 heavy (non-hydrogen) atoms. The van der Waals surface area contributed by atoms with E-state index in [1.165, 1.54) is 78.1 Å². The highest BCUT2D eigenvalue weighted by Gasteiger charge is 2.29. The number of fused-ring (bicyclic) bond motifs is 2. The molecule has 0 radical (unpaired) electrons. The molecule has 0 atom stereocenters. The Morgan fingerprint density at radius 1 is 0.313 bits per heavy atom. The number of nitrogens with zero attached hydrogens (tertiary/aromatic N) is 4. The van der Waals surface area contributed by atoms with Gasteiger partial charge in [-0.2, -0.15) is 0 Å². The summed E-state index contributed by atoms with van der Waals surface area (Å²) in [7, 11) is 0. The maximum Gasteiger partial charge on any atom is 0.145 e. The molecule has 2 aromatic heterocycles. The predicted octanol–water partition coefficient (Wildman–Crippen LogP) is 22.5. The van der Waals surface area contributed by atoms with Gasteiger partial charge >= 0.3 is 0 Å². The van der Waals surface area contributed by atoms with Crippen LogP contribution in [-0.2, 0) is 21.7 Å². The maximum atomic E-state index is 6.98. The van der Waals surface area contributed by atoms with Crippen LogP contribution < -0.4 is 4.74 Å². The summed E-state index contributed by atoms with van der Waals surface area (Å²) >= 11 is 0. The summed E-state index contributed by atoms with van der Waals surface area (Å²) in [6.07, 6.45) is 0. The predicted molar refractivity (Wildman–Crippen MR) is 355 cm³/mol. The van der Waals surface area contributed by atoms with Crippen molar-refractivity contribution in [3.63, 3.8) is 0 Å². The van der Waals surface area contributed by atoms with E-state index in [1.54, 1.807) is 0 Å². The molecule has 0 aliphatic heterocycles. The lowest BCUT2D eigenvalue weighted by atomic mass is 9.78. The Labute approximate surface area is 497 Å². The van der Waals surface area contributed by atoms with E-state index in [1.807, 2.05) is 0 Å². The van der Waals surface area contributed by atoms with Gasteiger partial charge in [0.2, 0.25) is 0 Å². The molecule has 0 saturated carbocycles. The Bertz CT molecular complexity index is 3670. The molecule has 10 rings (SSSR count). The average Bonchev–Trinajstić information content (AvgIpc) is 3.91. The van der Waals surface area contributed by atoms with Crippen molar-refractivity contribution in [3.05, 3.63) is 202 Å². The molecule has 0 bridgehead atoms. The number of benzene rings is 8. The lowest BCUT2D eigenvalue weighted by molar-refractivity contribution is 0.483. The van der Waals surface area contributed by atoms with E-state index in [-0.39, 0.29) is 45.3 Å². The van der Waals surface area contributed by atoms with Gasteiger partial charge < -0.3 is 4.74 Å². The fraction of sp³-hybridized carbons (Fsp3) is 0.359. The van der Waals surface area contributed by atoms with Crippen molar-refractivity contribution < 1.29 is 4.74 Å². The van der Waals surface area contributed by atoms with E-state index < -0.39 is 0 Å². The molecule has 10 aromatic rings. The number of aromatic nitrogens is 4. The molecule has 5 nitrogen and oxygen atoms in total. The molecule has 0 amide bonds. The first-order valence-corrected chi connectivity index (χ1v) is 30.5. The van der Waals surface area contributed by atoms with Crippen LogP contribution in [0.1, 0.15) is 207 Å². The summed E-state index contributed by atoms with van der Waals surface area (Å²) in [5, 5.41) is 0. The van der Waals surface area contributed by atoms with Gasteiger partial charge in [0.15, 0.2) is 0 Å². The minimum Gasteiger partial charge on any atom is -0.457 e. The van der Waals surface area contributed by atoms with Crippen LogP contribution in [0.25, 0.3) is 78.5 Å². The van der Waals surface area contributed by atoms with Crippen LogP contribution in [0, 0.1) is 0 Å². The van der Waals surface area contributed by atoms with E-state index in [2.05, 4.69) is 305 Å². The fourth-order valence-electron chi connectivity index (χ4n) is 11.7. The van der Waals surface area contributed by atoms with Crippen molar-refractivity contribution >= 4 is 22.1 Å². The molecule has 0 spiro atoms. The van der Waals surface area contributed by atoms with Crippen LogP contribution in [-0.4, -0.2) is 19.1 Å². The molecule has 0 aliphatic rings. The van der Waals surface area contributed by atoms with Gasteiger partial charge in [-0.15, -0.1) is 0 Å². The lowest BCUT2D eigenvalue weighted by Crippen LogP contribution is -2.16. The Kier molecular flexibility index (Phi) is 15.5. The van der Waals surface area contributed by atoms with Gasteiger partial charge in [-0.05, 0) is 185 Å². The Morgan fingerprint density at radius 2 is 0.602 bits per heavy atom. The highest BCUT2D eigenvalue weighted by Crippen LogP contribution is 2.45. The van der Waals surface area contributed by atoms with E-state index in [4.69, 9.17) is 14.7 Å². The number of hydrogen-bond donors (Lipinski definition) is 0. The second-order valence-corrected chi connectivity index (χ2v) is 28.9. The number of rotatable bonds is 12. The Morgan fingerprint density at radius 3 is 0.892 bits per heavy atom. The van der Waals surface area contributed by atoms with Gasteiger partial charge in [-0.1, -0.05) is 223 Å². The second-order valence-electron chi connectivity index (χ2n) is 28.9. The Balaban J connectivity index is 1.08. The highest BCUT2D eigenvalue weighted by molar-refractivity contribution is 5.87. The Hall–Kier alpha value is -7.50. The standard InChI is InChI=1S/C78H90N4O/c1-47(2)63-41-55(53-35-57(75(9,10)11)45-58(36-53)76(12,13)14)42-64(48(3)4)71(63)81-69-33-23-21-31-67(69)79-73(81)51-27-25-29-61(39-51)83-62-30-26-28-52(40-62)74-80-68-32-22-24-34-70(68)82(74)72-65(49(5)6)43-56(44-66(72)50(7)8)54-37-59(77(15,16)17)46-60(38-54)78(18,19)20/h21-50H,1-20H3. The van der Waals surface area contributed by atoms with Crippen molar-refractivity contribution in [2.24, 2.45) is 0 Å². The molecule has 8 aromatic carbocycles. The van der Waals surface area contributed by atoms with Gasteiger partial charge in [0.05, 0.1) is 33.4 Å². The van der Waals surface area contributed by atoms with Crippen LogP contribution in [0.4, 0.5) is 0 Å². The topological polar surface area (TPSA) is 44.9 Å². The molecule has 428 valence electrons. The summed E-state index contributed by atoms with van der Waals surface area (Å²) in [4.78, 5) is 10.9. The first-order valence-electron chi connectivity index (χ1n) is 30.5. The average molecular weight is 1100 g/mol.